The van der Waals surface area contributed by atoms with Gasteiger partial charge in [-0.15, -0.1) is 11.3 Å². The van der Waals surface area contributed by atoms with E-state index in [0.717, 1.165) is 72.3 Å². The van der Waals surface area contributed by atoms with Crippen LogP contribution in [-0.4, -0.2) is 14.5 Å². The molecule has 0 saturated carbocycles. The standard InChI is InChI=1S/C52H31N3OS/c1-2-10-38(46-13-6-8-26-54-46)37(9-1)34-16-21-48-41(29-34)40-27-32(15-20-47(40)55(48)36-19-22-50-42(31-36)39-11-3-4-14-49(39)56-50)33-17-23-51-43(28-33)44-30-35(18-24-52(44)57-51)45-12-5-7-25-53-45/h1-31H. The van der Waals surface area contributed by atoms with Crippen LogP contribution >= 0.6 is 11.3 Å². The zero-order valence-corrected chi connectivity index (χ0v) is 31.4. The molecule has 0 atom stereocenters. The molecule has 12 aromatic rings. The normalized spacial score (nSPS) is 11.9. The fraction of sp³-hybridized carbons (Fsp3) is 0. The third kappa shape index (κ3) is 5.13. The first-order valence-electron chi connectivity index (χ1n) is 19.1. The van der Waals surface area contributed by atoms with Crippen molar-refractivity contribution in [1.29, 1.82) is 0 Å². The molecule has 5 aromatic heterocycles. The summed E-state index contributed by atoms with van der Waals surface area (Å²) in [5, 5.41) is 7.15. The van der Waals surface area contributed by atoms with Crippen LogP contribution in [0, 0.1) is 0 Å². The smallest absolute Gasteiger partial charge is 0.135 e. The molecule has 4 nitrogen and oxygen atoms in total. The SMILES string of the molecule is c1ccc(-c2ccc3sc4ccc(-c5ccc6c(c5)c5cc(-c7ccccc7-c7ccccn7)ccc5n6-c5ccc6oc7ccccc7c6c5)cc4c3c2)nc1. The molecule has 57 heavy (non-hydrogen) atoms. The van der Waals surface area contributed by atoms with E-state index < -0.39 is 0 Å². The van der Waals surface area contributed by atoms with Crippen molar-refractivity contribution in [1.82, 2.24) is 14.5 Å². The molecule has 12 rings (SSSR count). The van der Waals surface area contributed by atoms with Gasteiger partial charge in [0.25, 0.3) is 0 Å². The number of hydrogen-bond acceptors (Lipinski definition) is 4. The van der Waals surface area contributed by atoms with Crippen molar-refractivity contribution in [3.05, 3.63) is 188 Å². The Kier molecular flexibility index (Phi) is 7.06. The number of fused-ring (bicyclic) bond motifs is 9. The molecule has 0 N–H and O–H groups in total. The van der Waals surface area contributed by atoms with Gasteiger partial charge in [0.15, 0.2) is 0 Å². The van der Waals surface area contributed by atoms with Gasteiger partial charge in [0.2, 0.25) is 0 Å². The van der Waals surface area contributed by atoms with E-state index in [2.05, 4.69) is 149 Å². The molecule has 0 spiro atoms. The maximum absolute atomic E-state index is 6.24. The van der Waals surface area contributed by atoms with Gasteiger partial charge in [0, 0.05) is 70.9 Å². The summed E-state index contributed by atoms with van der Waals surface area (Å²) in [7, 11) is 0. The lowest BCUT2D eigenvalue weighted by atomic mass is 9.95. The van der Waals surface area contributed by atoms with E-state index >= 15 is 0 Å². The fourth-order valence-electron chi connectivity index (χ4n) is 8.63. The highest BCUT2D eigenvalue weighted by molar-refractivity contribution is 7.25. The van der Waals surface area contributed by atoms with E-state index in [1.165, 1.54) is 42.1 Å². The Bertz CT molecular complexity index is 3520. The molecule has 5 heterocycles. The topological polar surface area (TPSA) is 43.9 Å². The summed E-state index contributed by atoms with van der Waals surface area (Å²) in [4.78, 5) is 9.35. The molecule has 266 valence electrons. The maximum atomic E-state index is 6.24. The molecule has 0 fully saturated rings. The van der Waals surface area contributed by atoms with Gasteiger partial charge >= 0.3 is 0 Å². The zero-order valence-electron chi connectivity index (χ0n) is 30.6. The Morgan fingerprint density at radius 2 is 0.965 bits per heavy atom. The van der Waals surface area contributed by atoms with Gasteiger partial charge in [-0.25, -0.2) is 0 Å². The van der Waals surface area contributed by atoms with E-state index in [0.29, 0.717) is 0 Å². The largest absolute Gasteiger partial charge is 0.456 e. The van der Waals surface area contributed by atoms with Gasteiger partial charge in [-0.1, -0.05) is 78.9 Å². The van der Waals surface area contributed by atoms with Crippen LogP contribution in [0.1, 0.15) is 0 Å². The number of thiophene rings is 1. The van der Waals surface area contributed by atoms with E-state index in [1.54, 1.807) is 0 Å². The second kappa shape index (κ2) is 12.6. The summed E-state index contributed by atoms with van der Waals surface area (Å²) in [5.41, 5.74) is 14.0. The molecule has 0 bridgehead atoms. The molecule has 0 amide bonds. The van der Waals surface area contributed by atoms with Gasteiger partial charge < -0.3 is 8.98 Å². The van der Waals surface area contributed by atoms with Gasteiger partial charge in [-0.05, 0) is 119 Å². The van der Waals surface area contributed by atoms with Gasteiger partial charge in [-0.3, -0.25) is 9.97 Å². The molecule has 7 aromatic carbocycles. The van der Waals surface area contributed by atoms with E-state index in [-0.39, 0.29) is 0 Å². The second-order valence-electron chi connectivity index (χ2n) is 14.6. The lowest BCUT2D eigenvalue weighted by Crippen LogP contribution is -1.94. The number of para-hydroxylation sites is 1. The van der Waals surface area contributed by atoms with Gasteiger partial charge in [0.1, 0.15) is 11.2 Å². The Labute approximate surface area is 331 Å². The van der Waals surface area contributed by atoms with Crippen molar-refractivity contribution in [3.63, 3.8) is 0 Å². The van der Waals surface area contributed by atoms with Gasteiger partial charge in [-0.2, -0.15) is 0 Å². The second-order valence-corrected chi connectivity index (χ2v) is 15.7. The first kappa shape index (κ1) is 32.0. The van der Waals surface area contributed by atoms with Crippen LogP contribution in [0.2, 0.25) is 0 Å². The first-order chi connectivity index (χ1) is 28.2. The monoisotopic (exact) mass is 745 g/mol. The maximum Gasteiger partial charge on any atom is 0.135 e. The zero-order chi connectivity index (χ0) is 37.5. The van der Waals surface area contributed by atoms with E-state index in [9.17, 15) is 0 Å². The minimum absolute atomic E-state index is 0.889. The van der Waals surface area contributed by atoms with Gasteiger partial charge in [0.05, 0.1) is 22.4 Å². The number of hydrogen-bond donors (Lipinski definition) is 0. The quantitative estimate of drug-likeness (QED) is 0.176. The molecule has 0 radical (unpaired) electrons. The summed E-state index contributed by atoms with van der Waals surface area (Å²) >= 11 is 1.84. The lowest BCUT2D eigenvalue weighted by Gasteiger charge is -2.11. The summed E-state index contributed by atoms with van der Waals surface area (Å²) in [5.74, 6) is 0. The average Bonchev–Trinajstić information content (AvgIpc) is 3.95. The van der Waals surface area contributed by atoms with E-state index in [4.69, 9.17) is 9.40 Å². The predicted molar refractivity (Wildman–Crippen MR) is 238 cm³/mol. The average molecular weight is 746 g/mol. The van der Waals surface area contributed by atoms with Crippen LogP contribution in [0.15, 0.2) is 193 Å². The Morgan fingerprint density at radius 1 is 0.386 bits per heavy atom. The number of pyridine rings is 2. The van der Waals surface area contributed by atoms with Crippen LogP contribution in [0.3, 0.4) is 0 Å². The van der Waals surface area contributed by atoms with Crippen molar-refractivity contribution in [2.75, 3.05) is 0 Å². The molecule has 0 aliphatic rings. The number of furan rings is 1. The number of rotatable bonds is 5. The summed E-state index contributed by atoms with van der Waals surface area (Å²) < 4.78 is 11.2. The summed E-state index contributed by atoms with van der Waals surface area (Å²) in [6.45, 7) is 0. The third-order valence-corrected chi connectivity index (χ3v) is 12.5. The third-order valence-electron chi connectivity index (χ3n) is 11.3. The predicted octanol–water partition coefficient (Wildman–Crippen LogP) is 14.5. The van der Waals surface area contributed by atoms with E-state index in [1.807, 2.05) is 60.1 Å². The molecule has 0 aliphatic heterocycles. The summed E-state index contributed by atoms with van der Waals surface area (Å²) in [6, 6.07) is 63.0. The highest BCUT2D eigenvalue weighted by Crippen LogP contribution is 2.42. The highest BCUT2D eigenvalue weighted by atomic mass is 32.1. The Morgan fingerprint density at radius 3 is 1.72 bits per heavy atom. The molecular formula is C52H31N3OS. The number of aromatic nitrogens is 3. The Hall–Kier alpha value is -7.34. The Balaban J connectivity index is 1.07. The number of benzene rings is 7. The van der Waals surface area contributed by atoms with Crippen LogP contribution in [0.4, 0.5) is 0 Å². The number of nitrogens with zero attached hydrogens (tertiary/aromatic N) is 3. The van der Waals surface area contributed by atoms with Crippen molar-refractivity contribution in [2.45, 2.75) is 0 Å². The van der Waals surface area contributed by atoms with Crippen LogP contribution < -0.4 is 0 Å². The molecule has 0 unspecified atom stereocenters. The highest BCUT2D eigenvalue weighted by Gasteiger charge is 2.18. The first-order valence-corrected chi connectivity index (χ1v) is 19.9. The van der Waals surface area contributed by atoms with Crippen LogP contribution in [0.25, 0.3) is 114 Å². The van der Waals surface area contributed by atoms with Crippen molar-refractivity contribution >= 4 is 75.3 Å². The van der Waals surface area contributed by atoms with Crippen LogP contribution in [0.5, 0.6) is 0 Å². The molecule has 5 heteroatoms. The lowest BCUT2D eigenvalue weighted by molar-refractivity contribution is 0.669. The minimum atomic E-state index is 0.889. The fourth-order valence-corrected chi connectivity index (χ4v) is 9.70. The molecular weight excluding hydrogens is 715 g/mol. The minimum Gasteiger partial charge on any atom is -0.456 e. The van der Waals surface area contributed by atoms with Crippen molar-refractivity contribution in [3.8, 4) is 50.5 Å². The van der Waals surface area contributed by atoms with Crippen LogP contribution in [-0.2, 0) is 0 Å². The van der Waals surface area contributed by atoms with Crippen molar-refractivity contribution < 1.29 is 4.42 Å². The summed E-state index contributed by atoms with van der Waals surface area (Å²) in [6.07, 6.45) is 3.72. The van der Waals surface area contributed by atoms with Crippen molar-refractivity contribution in [2.24, 2.45) is 0 Å². The molecule has 0 saturated heterocycles. The molecule has 0 aliphatic carbocycles.